The molecule has 0 amide bonds. The predicted octanol–water partition coefficient (Wildman–Crippen LogP) is 2.36. The quantitative estimate of drug-likeness (QED) is 0.588. The zero-order valence-corrected chi connectivity index (χ0v) is 10.1. The summed E-state index contributed by atoms with van der Waals surface area (Å²) in [6.07, 6.45) is 3.46. The van der Waals surface area contributed by atoms with Gasteiger partial charge in [-0.25, -0.2) is 0 Å². The molecule has 0 spiro atoms. The van der Waals surface area contributed by atoms with Crippen LogP contribution in [0.1, 0.15) is 28.8 Å². The highest BCUT2D eigenvalue weighted by molar-refractivity contribution is 5.97. The number of nitriles is 1. The van der Waals surface area contributed by atoms with Crippen LogP contribution in [0, 0.1) is 11.3 Å². The Kier molecular flexibility index (Phi) is 5.33. The van der Waals surface area contributed by atoms with E-state index >= 15 is 0 Å². The van der Waals surface area contributed by atoms with E-state index in [0.717, 1.165) is 5.56 Å². The highest BCUT2D eigenvalue weighted by Crippen LogP contribution is 2.09. The van der Waals surface area contributed by atoms with Gasteiger partial charge in [-0.1, -0.05) is 30.4 Å². The second-order valence-electron chi connectivity index (χ2n) is 3.57. The molecule has 92 valence electrons. The third-order valence-electron chi connectivity index (χ3n) is 2.27. The van der Waals surface area contributed by atoms with Gasteiger partial charge in [0.1, 0.15) is 0 Å². The van der Waals surface area contributed by atoms with Gasteiger partial charge in [-0.05, 0) is 11.6 Å². The fourth-order valence-electron chi connectivity index (χ4n) is 1.36. The van der Waals surface area contributed by atoms with Gasteiger partial charge in [0.2, 0.25) is 0 Å². The van der Waals surface area contributed by atoms with Crippen LogP contribution in [0.3, 0.4) is 0 Å². The van der Waals surface area contributed by atoms with Crippen molar-refractivity contribution in [1.82, 2.24) is 0 Å². The topological polar surface area (TPSA) is 67.2 Å². The average molecular weight is 243 g/mol. The number of Topliss-reactive ketones (excluding diaryl/α,β-unsaturated/α-hetero) is 1. The first-order valence-corrected chi connectivity index (χ1v) is 5.41. The number of ketones is 1. The van der Waals surface area contributed by atoms with Crippen LogP contribution < -0.4 is 0 Å². The van der Waals surface area contributed by atoms with Crippen molar-refractivity contribution in [2.45, 2.75) is 12.8 Å². The first-order valence-electron chi connectivity index (χ1n) is 5.41. The van der Waals surface area contributed by atoms with Gasteiger partial charge in [-0.3, -0.25) is 9.59 Å². The summed E-state index contributed by atoms with van der Waals surface area (Å²) < 4.78 is 4.50. The van der Waals surface area contributed by atoms with Gasteiger partial charge in [0.05, 0.1) is 26.0 Å². The average Bonchev–Trinajstić information content (AvgIpc) is 2.39. The SMILES string of the molecule is COC(=O)CC=Cc1cccc(C(=O)CC#N)c1. The van der Waals surface area contributed by atoms with Gasteiger partial charge in [0.15, 0.2) is 5.78 Å². The maximum Gasteiger partial charge on any atom is 0.309 e. The maximum atomic E-state index is 11.5. The number of esters is 1. The molecule has 0 heterocycles. The predicted molar refractivity (Wildman–Crippen MR) is 66.7 cm³/mol. The lowest BCUT2D eigenvalue weighted by Gasteiger charge is -1.99. The third-order valence-corrected chi connectivity index (χ3v) is 2.27. The molecule has 0 aliphatic carbocycles. The molecule has 1 aromatic carbocycles. The summed E-state index contributed by atoms with van der Waals surface area (Å²) >= 11 is 0. The minimum atomic E-state index is -0.317. The number of ether oxygens (including phenoxy) is 1. The number of carbonyl (C=O) groups is 2. The molecular formula is C14H13NO3. The van der Waals surface area contributed by atoms with Gasteiger partial charge in [-0.2, -0.15) is 5.26 Å². The summed E-state index contributed by atoms with van der Waals surface area (Å²) in [7, 11) is 1.33. The van der Waals surface area contributed by atoms with E-state index in [2.05, 4.69) is 4.74 Å². The van der Waals surface area contributed by atoms with E-state index in [-0.39, 0.29) is 24.6 Å². The molecule has 0 atom stereocenters. The molecule has 18 heavy (non-hydrogen) atoms. The van der Waals surface area contributed by atoms with Crippen LogP contribution in [0.4, 0.5) is 0 Å². The number of hydrogen-bond acceptors (Lipinski definition) is 4. The molecule has 1 rings (SSSR count). The smallest absolute Gasteiger partial charge is 0.309 e. The van der Waals surface area contributed by atoms with Crippen molar-refractivity contribution in [3.63, 3.8) is 0 Å². The van der Waals surface area contributed by atoms with Gasteiger partial charge in [-0.15, -0.1) is 0 Å². The molecule has 0 unspecified atom stereocenters. The number of methoxy groups -OCH3 is 1. The lowest BCUT2D eigenvalue weighted by Crippen LogP contribution is -1.97. The molecule has 4 nitrogen and oxygen atoms in total. The second-order valence-corrected chi connectivity index (χ2v) is 3.57. The summed E-state index contributed by atoms with van der Waals surface area (Å²) in [6.45, 7) is 0. The minimum absolute atomic E-state index is 0.130. The van der Waals surface area contributed by atoms with E-state index in [0.29, 0.717) is 5.56 Å². The largest absolute Gasteiger partial charge is 0.469 e. The Hall–Kier alpha value is -2.41. The Bertz CT molecular complexity index is 512. The Morgan fingerprint density at radius 1 is 1.44 bits per heavy atom. The van der Waals surface area contributed by atoms with E-state index in [1.807, 2.05) is 12.1 Å². The van der Waals surface area contributed by atoms with Crippen molar-refractivity contribution in [2.75, 3.05) is 7.11 Å². The monoisotopic (exact) mass is 243 g/mol. The van der Waals surface area contributed by atoms with Gasteiger partial charge in [0, 0.05) is 5.56 Å². The Balaban J connectivity index is 2.74. The number of carbonyl (C=O) groups excluding carboxylic acids is 2. The van der Waals surface area contributed by atoms with Crippen LogP contribution in [-0.4, -0.2) is 18.9 Å². The van der Waals surface area contributed by atoms with Crippen molar-refractivity contribution in [2.24, 2.45) is 0 Å². The summed E-state index contributed by atoms with van der Waals surface area (Å²) in [5.41, 5.74) is 1.31. The number of nitrogens with zero attached hydrogens (tertiary/aromatic N) is 1. The van der Waals surface area contributed by atoms with Crippen LogP contribution in [0.2, 0.25) is 0 Å². The van der Waals surface area contributed by atoms with Crippen molar-refractivity contribution >= 4 is 17.8 Å². The van der Waals surface area contributed by atoms with Crippen LogP contribution in [-0.2, 0) is 9.53 Å². The molecular weight excluding hydrogens is 230 g/mol. The van der Waals surface area contributed by atoms with Crippen molar-refractivity contribution in [1.29, 1.82) is 5.26 Å². The van der Waals surface area contributed by atoms with E-state index < -0.39 is 0 Å². The maximum absolute atomic E-state index is 11.5. The number of hydrogen-bond donors (Lipinski definition) is 0. The van der Waals surface area contributed by atoms with Crippen LogP contribution in [0.15, 0.2) is 30.3 Å². The Labute approximate surface area is 105 Å². The zero-order valence-electron chi connectivity index (χ0n) is 10.1. The first-order chi connectivity index (χ1) is 8.67. The lowest BCUT2D eigenvalue weighted by atomic mass is 10.1. The summed E-state index contributed by atoms with van der Waals surface area (Å²) in [5.74, 6) is -0.524. The normalized spacial score (nSPS) is 10.0. The van der Waals surface area contributed by atoms with Gasteiger partial charge in [0.25, 0.3) is 0 Å². The minimum Gasteiger partial charge on any atom is -0.469 e. The van der Waals surface area contributed by atoms with E-state index in [4.69, 9.17) is 5.26 Å². The molecule has 0 N–H and O–H groups in total. The van der Waals surface area contributed by atoms with Crippen LogP contribution >= 0.6 is 0 Å². The molecule has 1 aromatic rings. The number of rotatable bonds is 5. The molecule has 0 saturated carbocycles. The fraction of sp³-hybridized carbons (Fsp3) is 0.214. The van der Waals surface area contributed by atoms with E-state index in [1.54, 1.807) is 30.4 Å². The number of benzene rings is 1. The Morgan fingerprint density at radius 3 is 2.89 bits per heavy atom. The van der Waals surface area contributed by atoms with Crippen LogP contribution in [0.25, 0.3) is 6.08 Å². The van der Waals surface area contributed by atoms with Gasteiger partial charge >= 0.3 is 5.97 Å². The lowest BCUT2D eigenvalue weighted by molar-refractivity contribution is -0.139. The van der Waals surface area contributed by atoms with Crippen molar-refractivity contribution in [3.05, 3.63) is 41.5 Å². The molecule has 0 radical (unpaired) electrons. The highest BCUT2D eigenvalue weighted by atomic mass is 16.5. The highest BCUT2D eigenvalue weighted by Gasteiger charge is 2.04. The summed E-state index contributed by atoms with van der Waals surface area (Å²) in [5, 5.41) is 8.46. The summed E-state index contributed by atoms with van der Waals surface area (Å²) in [6, 6.07) is 8.73. The first kappa shape index (κ1) is 13.7. The van der Waals surface area contributed by atoms with Crippen molar-refractivity contribution in [3.8, 4) is 6.07 Å². The Morgan fingerprint density at radius 2 is 2.22 bits per heavy atom. The molecule has 0 aromatic heterocycles. The summed E-state index contributed by atoms with van der Waals surface area (Å²) in [4.78, 5) is 22.4. The van der Waals surface area contributed by atoms with Crippen LogP contribution in [0.5, 0.6) is 0 Å². The molecule has 0 aliphatic heterocycles. The van der Waals surface area contributed by atoms with Gasteiger partial charge < -0.3 is 4.74 Å². The zero-order chi connectivity index (χ0) is 13.4. The van der Waals surface area contributed by atoms with E-state index in [1.165, 1.54) is 7.11 Å². The molecule has 0 aliphatic rings. The fourth-order valence-corrected chi connectivity index (χ4v) is 1.36. The third kappa shape index (κ3) is 4.22. The molecule has 0 fully saturated rings. The van der Waals surface area contributed by atoms with E-state index in [9.17, 15) is 9.59 Å². The molecule has 4 heteroatoms. The molecule has 0 saturated heterocycles. The molecule has 0 bridgehead atoms. The standard InChI is InChI=1S/C14H13NO3/c1-18-14(17)7-3-5-11-4-2-6-12(10-11)13(16)8-9-15/h2-6,10H,7-8H2,1H3. The second kappa shape index (κ2) is 7.02. The van der Waals surface area contributed by atoms with Crippen molar-refractivity contribution < 1.29 is 14.3 Å².